The molecule has 3 nitrogen and oxygen atoms in total. The zero-order valence-electron chi connectivity index (χ0n) is 11.4. The van der Waals surface area contributed by atoms with Crippen LogP contribution in [0, 0.1) is 0 Å². The third-order valence-corrected chi connectivity index (χ3v) is 4.41. The van der Waals surface area contributed by atoms with Gasteiger partial charge in [0.1, 0.15) is 0 Å². The number of benzene rings is 1. The van der Waals surface area contributed by atoms with E-state index in [2.05, 4.69) is 29.2 Å². The quantitative estimate of drug-likeness (QED) is 0.905. The lowest BCUT2D eigenvalue weighted by molar-refractivity contribution is -0.0212. The van der Waals surface area contributed by atoms with Crippen molar-refractivity contribution in [2.75, 3.05) is 26.3 Å². The molecule has 0 spiro atoms. The van der Waals surface area contributed by atoms with Crippen molar-refractivity contribution in [1.82, 2.24) is 4.90 Å². The van der Waals surface area contributed by atoms with E-state index >= 15 is 0 Å². The monoisotopic (exact) mass is 261 g/mol. The summed E-state index contributed by atoms with van der Waals surface area (Å²) in [6, 6.07) is 8.65. The summed E-state index contributed by atoms with van der Waals surface area (Å²) < 4.78 is 5.84. The van der Waals surface area contributed by atoms with Gasteiger partial charge in [0.15, 0.2) is 0 Å². The van der Waals surface area contributed by atoms with Gasteiger partial charge in [0.2, 0.25) is 0 Å². The summed E-state index contributed by atoms with van der Waals surface area (Å²) in [5.41, 5.74) is 2.69. The van der Waals surface area contributed by atoms with Gasteiger partial charge in [-0.3, -0.25) is 4.90 Å². The summed E-state index contributed by atoms with van der Waals surface area (Å²) in [6.45, 7) is 3.09. The fourth-order valence-electron chi connectivity index (χ4n) is 3.35. The zero-order valence-corrected chi connectivity index (χ0v) is 11.4. The molecule has 2 heterocycles. The first-order valence-corrected chi connectivity index (χ1v) is 7.43. The molecule has 19 heavy (non-hydrogen) atoms. The maximum absolute atomic E-state index is 9.76. The van der Waals surface area contributed by atoms with Crippen molar-refractivity contribution >= 4 is 0 Å². The molecule has 1 fully saturated rings. The Morgan fingerprint density at radius 3 is 2.95 bits per heavy atom. The predicted molar refractivity (Wildman–Crippen MR) is 75.1 cm³/mol. The van der Waals surface area contributed by atoms with Gasteiger partial charge in [-0.15, -0.1) is 0 Å². The van der Waals surface area contributed by atoms with E-state index in [4.69, 9.17) is 4.74 Å². The molecule has 0 aromatic heterocycles. The molecule has 2 aliphatic rings. The van der Waals surface area contributed by atoms with Gasteiger partial charge >= 0.3 is 0 Å². The molecule has 0 saturated carbocycles. The van der Waals surface area contributed by atoms with Crippen LogP contribution in [-0.4, -0.2) is 42.4 Å². The normalized spacial score (nSPS) is 28.1. The molecule has 104 valence electrons. The molecule has 2 aliphatic heterocycles. The molecule has 1 N–H and O–H groups in total. The third-order valence-electron chi connectivity index (χ3n) is 4.41. The van der Waals surface area contributed by atoms with Crippen LogP contribution in [0.25, 0.3) is 0 Å². The number of hydrogen-bond acceptors (Lipinski definition) is 3. The largest absolute Gasteiger partial charge is 0.394 e. The number of nitrogens with zero attached hydrogens (tertiary/aromatic N) is 1. The first-order valence-electron chi connectivity index (χ1n) is 7.43. The average Bonchev–Trinajstić information content (AvgIpc) is 2.48. The molecule has 0 radical (unpaired) electrons. The minimum atomic E-state index is 0.149. The molecular weight excluding hydrogens is 238 g/mol. The summed E-state index contributed by atoms with van der Waals surface area (Å²) >= 11 is 0. The van der Waals surface area contributed by atoms with E-state index in [1.54, 1.807) is 0 Å². The van der Waals surface area contributed by atoms with Crippen LogP contribution in [0.15, 0.2) is 24.3 Å². The Bertz CT molecular complexity index is 415. The third kappa shape index (κ3) is 2.83. The minimum Gasteiger partial charge on any atom is -0.394 e. The van der Waals surface area contributed by atoms with Gasteiger partial charge in [-0.2, -0.15) is 0 Å². The Morgan fingerprint density at radius 2 is 2.16 bits per heavy atom. The maximum Gasteiger partial charge on any atom is 0.0702 e. The molecule has 0 amide bonds. The van der Waals surface area contributed by atoms with Gasteiger partial charge in [-0.1, -0.05) is 24.3 Å². The molecule has 3 rings (SSSR count). The van der Waals surface area contributed by atoms with Crippen molar-refractivity contribution < 1.29 is 9.84 Å². The lowest BCUT2D eigenvalue weighted by Gasteiger charge is -2.39. The van der Waals surface area contributed by atoms with E-state index in [9.17, 15) is 5.11 Å². The van der Waals surface area contributed by atoms with E-state index in [0.29, 0.717) is 6.10 Å². The molecule has 1 saturated heterocycles. The number of fused-ring (bicyclic) bond motifs is 1. The first-order chi connectivity index (χ1) is 9.38. The van der Waals surface area contributed by atoms with Crippen LogP contribution in [0.3, 0.4) is 0 Å². The first kappa shape index (κ1) is 13.1. The van der Waals surface area contributed by atoms with Gasteiger partial charge < -0.3 is 9.84 Å². The SMILES string of the molecule is OCC1c2ccccc2CCN1CC1CCCCO1. The van der Waals surface area contributed by atoms with Crippen LogP contribution >= 0.6 is 0 Å². The molecular formula is C16H23NO2. The van der Waals surface area contributed by atoms with Gasteiger partial charge in [0.05, 0.1) is 18.8 Å². The van der Waals surface area contributed by atoms with Crippen molar-refractivity contribution in [3.8, 4) is 0 Å². The molecule has 1 aromatic carbocycles. The molecule has 2 atom stereocenters. The Morgan fingerprint density at radius 1 is 1.26 bits per heavy atom. The van der Waals surface area contributed by atoms with Crippen LogP contribution in [0.5, 0.6) is 0 Å². The standard InChI is InChI=1S/C16H23NO2/c18-12-16-15-7-2-1-5-13(15)8-9-17(16)11-14-6-3-4-10-19-14/h1-2,5,7,14,16,18H,3-4,6,8-12H2. The van der Waals surface area contributed by atoms with Crippen LogP contribution in [0.2, 0.25) is 0 Å². The summed E-state index contributed by atoms with van der Waals surface area (Å²) in [5.74, 6) is 0. The highest BCUT2D eigenvalue weighted by Crippen LogP contribution is 2.30. The second kappa shape index (κ2) is 6.04. The molecule has 0 aliphatic carbocycles. The van der Waals surface area contributed by atoms with Gasteiger partial charge in [0, 0.05) is 19.7 Å². The highest BCUT2D eigenvalue weighted by molar-refractivity contribution is 5.32. The fourth-order valence-corrected chi connectivity index (χ4v) is 3.35. The summed E-state index contributed by atoms with van der Waals surface area (Å²) in [6.07, 6.45) is 5.07. The molecule has 0 bridgehead atoms. The topological polar surface area (TPSA) is 32.7 Å². The number of aliphatic hydroxyl groups is 1. The van der Waals surface area contributed by atoms with Crippen molar-refractivity contribution in [3.05, 3.63) is 35.4 Å². The van der Waals surface area contributed by atoms with E-state index in [1.165, 1.54) is 24.0 Å². The summed E-state index contributed by atoms with van der Waals surface area (Å²) in [7, 11) is 0. The Labute approximate surface area is 115 Å². The van der Waals surface area contributed by atoms with E-state index in [0.717, 1.165) is 32.5 Å². The zero-order chi connectivity index (χ0) is 13.1. The van der Waals surface area contributed by atoms with Gasteiger partial charge in [-0.05, 0) is 36.8 Å². The number of rotatable bonds is 3. The average molecular weight is 261 g/mol. The van der Waals surface area contributed by atoms with Crippen molar-refractivity contribution in [2.24, 2.45) is 0 Å². The van der Waals surface area contributed by atoms with Gasteiger partial charge in [0.25, 0.3) is 0 Å². The number of aliphatic hydroxyl groups excluding tert-OH is 1. The molecule has 2 unspecified atom stereocenters. The summed E-state index contributed by atoms with van der Waals surface area (Å²) in [4.78, 5) is 2.40. The van der Waals surface area contributed by atoms with Crippen LogP contribution in [0.4, 0.5) is 0 Å². The van der Waals surface area contributed by atoms with E-state index in [1.807, 2.05) is 0 Å². The summed E-state index contributed by atoms with van der Waals surface area (Å²) in [5, 5.41) is 9.76. The maximum atomic E-state index is 9.76. The second-order valence-electron chi connectivity index (χ2n) is 5.63. The Kier molecular flexibility index (Phi) is 4.16. The lowest BCUT2D eigenvalue weighted by Crippen LogP contribution is -2.43. The van der Waals surface area contributed by atoms with E-state index < -0.39 is 0 Å². The van der Waals surface area contributed by atoms with Crippen molar-refractivity contribution in [1.29, 1.82) is 0 Å². The molecule has 1 aromatic rings. The number of ether oxygens (including phenoxy) is 1. The van der Waals surface area contributed by atoms with Crippen LogP contribution in [-0.2, 0) is 11.2 Å². The Balaban J connectivity index is 1.72. The second-order valence-corrected chi connectivity index (χ2v) is 5.63. The van der Waals surface area contributed by atoms with E-state index in [-0.39, 0.29) is 12.6 Å². The van der Waals surface area contributed by atoms with Crippen molar-refractivity contribution in [2.45, 2.75) is 37.8 Å². The number of hydrogen-bond donors (Lipinski definition) is 1. The molecule has 3 heteroatoms. The smallest absolute Gasteiger partial charge is 0.0702 e. The highest BCUT2D eigenvalue weighted by Gasteiger charge is 2.29. The van der Waals surface area contributed by atoms with Crippen LogP contribution in [0.1, 0.15) is 36.4 Å². The van der Waals surface area contributed by atoms with Crippen molar-refractivity contribution in [3.63, 3.8) is 0 Å². The Hall–Kier alpha value is -0.900. The predicted octanol–water partition coefficient (Wildman–Crippen LogP) is 2.15. The lowest BCUT2D eigenvalue weighted by atomic mass is 9.92. The van der Waals surface area contributed by atoms with Crippen LogP contribution < -0.4 is 0 Å². The minimum absolute atomic E-state index is 0.149. The van der Waals surface area contributed by atoms with Gasteiger partial charge in [-0.25, -0.2) is 0 Å². The fraction of sp³-hybridized carbons (Fsp3) is 0.625. The highest BCUT2D eigenvalue weighted by atomic mass is 16.5.